The van der Waals surface area contributed by atoms with Gasteiger partial charge in [0.2, 0.25) is 5.91 Å². The van der Waals surface area contributed by atoms with Gasteiger partial charge in [0, 0.05) is 12.2 Å². The van der Waals surface area contributed by atoms with Crippen LogP contribution in [0.4, 0.5) is 5.69 Å². The number of amides is 1. The summed E-state index contributed by atoms with van der Waals surface area (Å²) in [4.78, 5) is 16.2. The van der Waals surface area contributed by atoms with Gasteiger partial charge in [0.05, 0.1) is 6.54 Å². The first-order valence-corrected chi connectivity index (χ1v) is 8.87. The van der Waals surface area contributed by atoms with E-state index in [1.54, 1.807) is 12.1 Å². The van der Waals surface area contributed by atoms with Gasteiger partial charge in [0.25, 0.3) is 0 Å². The zero-order valence-corrected chi connectivity index (χ0v) is 15.7. The first-order valence-electron chi connectivity index (χ1n) is 8.87. The maximum absolute atomic E-state index is 12.0. The molecule has 2 aromatic carbocycles. The van der Waals surface area contributed by atoms with Gasteiger partial charge < -0.3 is 25.8 Å². The highest BCUT2D eigenvalue weighted by Crippen LogP contribution is 2.13. The van der Waals surface area contributed by atoms with Crippen LogP contribution < -0.4 is 20.7 Å². The highest BCUT2D eigenvalue weighted by atomic mass is 16.5. The monoisotopic (exact) mass is 370 g/mol. The number of ether oxygens (including phenoxy) is 1. The number of phenols is 1. The topological polar surface area (TPSA) is 95.0 Å². The molecule has 0 aliphatic rings. The molecule has 144 valence electrons. The van der Waals surface area contributed by atoms with Crippen LogP contribution in [-0.2, 0) is 4.79 Å². The Morgan fingerprint density at radius 1 is 1.07 bits per heavy atom. The Morgan fingerprint density at radius 3 is 2.44 bits per heavy atom. The van der Waals surface area contributed by atoms with Gasteiger partial charge in [-0.1, -0.05) is 17.7 Å². The van der Waals surface area contributed by atoms with E-state index in [-0.39, 0.29) is 18.2 Å². The third-order valence-electron chi connectivity index (χ3n) is 3.56. The van der Waals surface area contributed by atoms with Crippen molar-refractivity contribution in [2.24, 2.45) is 4.99 Å². The minimum Gasteiger partial charge on any atom is -0.508 e. The summed E-state index contributed by atoms with van der Waals surface area (Å²) < 4.78 is 5.66. The standard InChI is InChI=1S/C20H26N4O3/c1-3-21-20(22-12-13-27-18-10-4-15(2)5-11-18)23-14-19(26)24-16-6-8-17(25)9-7-16/h4-11,25H,3,12-14H2,1-2H3,(H,24,26)(H2,21,22,23). The number of aliphatic imine (C=N–C) groups is 1. The number of aryl methyl sites for hydroxylation is 1. The lowest BCUT2D eigenvalue weighted by molar-refractivity contribution is -0.114. The maximum Gasteiger partial charge on any atom is 0.246 e. The Hall–Kier alpha value is -3.22. The van der Waals surface area contributed by atoms with E-state index < -0.39 is 0 Å². The largest absolute Gasteiger partial charge is 0.508 e. The molecule has 0 heterocycles. The molecule has 0 radical (unpaired) electrons. The van der Waals surface area contributed by atoms with Crippen LogP contribution in [0.3, 0.4) is 0 Å². The second-order valence-electron chi connectivity index (χ2n) is 5.88. The number of carbonyl (C=O) groups excluding carboxylic acids is 1. The van der Waals surface area contributed by atoms with Crippen LogP contribution in [0.1, 0.15) is 12.5 Å². The summed E-state index contributed by atoms with van der Waals surface area (Å²) in [6, 6.07) is 14.1. The summed E-state index contributed by atoms with van der Waals surface area (Å²) in [7, 11) is 0. The van der Waals surface area contributed by atoms with Crippen LogP contribution in [0.15, 0.2) is 53.5 Å². The molecule has 0 atom stereocenters. The molecule has 0 aliphatic heterocycles. The number of benzene rings is 2. The number of hydrogen-bond donors (Lipinski definition) is 4. The lowest BCUT2D eigenvalue weighted by Gasteiger charge is -2.12. The number of aromatic hydroxyl groups is 1. The Labute approximate surface area is 159 Å². The quantitative estimate of drug-likeness (QED) is 0.247. The van der Waals surface area contributed by atoms with Crippen molar-refractivity contribution in [2.75, 3.05) is 31.6 Å². The van der Waals surface area contributed by atoms with E-state index >= 15 is 0 Å². The minimum absolute atomic E-state index is 0.0188. The predicted molar refractivity (Wildman–Crippen MR) is 107 cm³/mol. The second-order valence-corrected chi connectivity index (χ2v) is 5.88. The summed E-state index contributed by atoms with van der Waals surface area (Å²) in [6.45, 7) is 5.69. The van der Waals surface area contributed by atoms with E-state index in [9.17, 15) is 9.90 Å². The van der Waals surface area contributed by atoms with E-state index in [2.05, 4.69) is 20.9 Å². The maximum atomic E-state index is 12.0. The van der Waals surface area contributed by atoms with Crippen molar-refractivity contribution >= 4 is 17.6 Å². The summed E-state index contributed by atoms with van der Waals surface area (Å²) >= 11 is 0. The predicted octanol–water partition coefficient (Wildman–Crippen LogP) is 2.27. The van der Waals surface area contributed by atoms with E-state index in [0.29, 0.717) is 31.3 Å². The fraction of sp³-hybridized carbons (Fsp3) is 0.300. The van der Waals surface area contributed by atoms with Crippen molar-refractivity contribution < 1.29 is 14.6 Å². The fourth-order valence-electron chi connectivity index (χ4n) is 2.21. The highest BCUT2D eigenvalue weighted by Gasteiger charge is 2.03. The number of rotatable bonds is 8. The lowest BCUT2D eigenvalue weighted by Crippen LogP contribution is -2.39. The summed E-state index contributed by atoms with van der Waals surface area (Å²) in [5.41, 5.74) is 1.80. The van der Waals surface area contributed by atoms with Crippen molar-refractivity contribution in [3.05, 3.63) is 54.1 Å². The third-order valence-corrected chi connectivity index (χ3v) is 3.56. The molecule has 0 bridgehead atoms. The average Bonchev–Trinajstić information content (AvgIpc) is 2.66. The van der Waals surface area contributed by atoms with Crippen LogP contribution in [0.5, 0.6) is 11.5 Å². The minimum atomic E-state index is -0.242. The molecule has 0 saturated heterocycles. The van der Waals surface area contributed by atoms with Gasteiger partial charge in [0.15, 0.2) is 5.96 Å². The molecule has 0 aliphatic carbocycles. The third kappa shape index (κ3) is 7.68. The number of guanidine groups is 1. The zero-order chi connectivity index (χ0) is 19.5. The average molecular weight is 370 g/mol. The molecule has 2 aromatic rings. The van der Waals surface area contributed by atoms with E-state index in [1.807, 2.05) is 38.1 Å². The first kappa shape index (κ1) is 20.1. The Morgan fingerprint density at radius 2 is 1.78 bits per heavy atom. The molecular weight excluding hydrogens is 344 g/mol. The lowest BCUT2D eigenvalue weighted by atomic mass is 10.2. The fourth-order valence-corrected chi connectivity index (χ4v) is 2.21. The van der Waals surface area contributed by atoms with Crippen molar-refractivity contribution in [1.82, 2.24) is 10.6 Å². The molecule has 0 unspecified atom stereocenters. The van der Waals surface area contributed by atoms with Crippen LogP contribution in [0.25, 0.3) is 0 Å². The normalized spacial score (nSPS) is 11.0. The molecule has 0 aromatic heterocycles. The summed E-state index contributed by atoms with van der Waals surface area (Å²) in [5, 5.41) is 18.2. The molecule has 2 rings (SSSR count). The number of nitrogens with zero attached hydrogens (tertiary/aromatic N) is 1. The SMILES string of the molecule is CCNC(=NCC(=O)Nc1ccc(O)cc1)NCCOc1ccc(C)cc1. The molecule has 7 heteroatoms. The molecule has 7 nitrogen and oxygen atoms in total. The molecule has 1 amide bonds. The smallest absolute Gasteiger partial charge is 0.246 e. The van der Waals surface area contributed by atoms with E-state index in [0.717, 1.165) is 5.75 Å². The summed E-state index contributed by atoms with van der Waals surface area (Å²) in [5.74, 6) is 1.27. The van der Waals surface area contributed by atoms with Gasteiger partial charge in [-0.3, -0.25) is 4.79 Å². The molecule has 0 saturated carbocycles. The van der Waals surface area contributed by atoms with Gasteiger partial charge in [-0.25, -0.2) is 4.99 Å². The van der Waals surface area contributed by atoms with Gasteiger partial charge in [-0.2, -0.15) is 0 Å². The zero-order valence-electron chi connectivity index (χ0n) is 15.7. The molecule has 0 fully saturated rings. The second kappa shape index (κ2) is 10.7. The van der Waals surface area contributed by atoms with Crippen molar-refractivity contribution in [1.29, 1.82) is 0 Å². The number of phenolic OH excluding ortho intramolecular Hbond substituents is 1. The van der Waals surface area contributed by atoms with Crippen LogP contribution >= 0.6 is 0 Å². The number of nitrogens with one attached hydrogen (secondary N) is 3. The van der Waals surface area contributed by atoms with Crippen LogP contribution in [0, 0.1) is 6.92 Å². The molecule has 0 spiro atoms. The first-order chi connectivity index (χ1) is 13.1. The van der Waals surface area contributed by atoms with E-state index in [4.69, 9.17) is 4.74 Å². The highest BCUT2D eigenvalue weighted by molar-refractivity contribution is 5.94. The van der Waals surface area contributed by atoms with Crippen LogP contribution in [0.2, 0.25) is 0 Å². The van der Waals surface area contributed by atoms with Crippen molar-refractivity contribution in [2.45, 2.75) is 13.8 Å². The van der Waals surface area contributed by atoms with Gasteiger partial charge in [-0.15, -0.1) is 0 Å². The number of carbonyl (C=O) groups is 1. The van der Waals surface area contributed by atoms with Gasteiger partial charge >= 0.3 is 0 Å². The number of anilines is 1. The van der Waals surface area contributed by atoms with Crippen LogP contribution in [-0.4, -0.2) is 43.2 Å². The molecular formula is C20H26N4O3. The Balaban J connectivity index is 1.76. The van der Waals surface area contributed by atoms with Crippen molar-refractivity contribution in [3.8, 4) is 11.5 Å². The van der Waals surface area contributed by atoms with Gasteiger partial charge in [0.1, 0.15) is 24.7 Å². The Bertz CT molecular complexity index is 743. The number of hydrogen-bond acceptors (Lipinski definition) is 4. The summed E-state index contributed by atoms with van der Waals surface area (Å²) in [6.07, 6.45) is 0. The molecule has 4 N–H and O–H groups in total. The van der Waals surface area contributed by atoms with Gasteiger partial charge in [-0.05, 0) is 50.2 Å². The van der Waals surface area contributed by atoms with Crippen molar-refractivity contribution in [3.63, 3.8) is 0 Å². The molecule has 27 heavy (non-hydrogen) atoms. The van der Waals surface area contributed by atoms with E-state index in [1.165, 1.54) is 17.7 Å². The Kier molecular flexibility index (Phi) is 7.96.